The van der Waals surface area contributed by atoms with Gasteiger partial charge in [0.15, 0.2) is 0 Å². The third kappa shape index (κ3) is 2.85. The van der Waals surface area contributed by atoms with Gasteiger partial charge in [-0.2, -0.15) is 5.26 Å². The zero-order valence-corrected chi connectivity index (χ0v) is 12.0. The van der Waals surface area contributed by atoms with Crippen molar-refractivity contribution in [1.82, 2.24) is 5.32 Å². The van der Waals surface area contributed by atoms with Gasteiger partial charge in [0, 0.05) is 16.1 Å². The minimum Gasteiger partial charge on any atom is -0.348 e. The van der Waals surface area contributed by atoms with Gasteiger partial charge in [-0.05, 0) is 53.4 Å². The molecule has 2 unspecified atom stereocenters. The number of hydrogen-bond donors (Lipinski definition) is 1. The maximum absolute atomic E-state index is 12.0. The minimum absolute atomic E-state index is 0.0371. The molecule has 2 atom stereocenters. The lowest BCUT2D eigenvalue weighted by Crippen LogP contribution is -2.36. The number of nitrogens with zero attached hydrogens (tertiary/aromatic N) is 1. The molecule has 0 spiro atoms. The molecule has 94 valence electrons. The van der Waals surface area contributed by atoms with Crippen LogP contribution in [0.1, 0.15) is 29.6 Å². The fourth-order valence-corrected chi connectivity index (χ4v) is 2.60. The van der Waals surface area contributed by atoms with Crippen molar-refractivity contribution in [2.75, 3.05) is 0 Å². The highest BCUT2D eigenvalue weighted by Gasteiger charge is 2.28. The monoisotopic (exact) mass is 326 g/mol. The molecule has 1 saturated carbocycles. The lowest BCUT2D eigenvalue weighted by molar-refractivity contribution is 0.0933. The van der Waals surface area contributed by atoms with Gasteiger partial charge in [-0.25, -0.2) is 0 Å². The predicted octanol–water partition coefficient (Wildman–Crippen LogP) is 3.52. The quantitative estimate of drug-likeness (QED) is 0.903. The normalized spacial score (nSPS) is 22.5. The molecule has 0 aromatic heterocycles. The summed E-state index contributed by atoms with van der Waals surface area (Å²) in [5, 5.41) is 12.4. The molecule has 1 aromatic carbocycles. The molecule has 1 aliphatic rings. The lowest BCUT2D eigenvalue weighted by Gasteiger charge is -2.15. The third-order valence-electron chi connectivity index (χ3n) is 3.18. The molecule has 1 aromatic rings. The van der Waals surface area contributed by atoms with E-state index in [1.54, 1.807) is 18.2 Å². The van der Waals surface area contributed by atoms with Crippen LogP contribution < -0.4 is 5.32 Å². The van der Waals surface area contributed by atoms with Crippen LogP contribution in [0, 0.1) is 17.2 Å². The second-order valence-corrected chi connectivity index (χ2v) is 5.64. The molecule has 3 nitrogen and oxygen atoms in total. The van der Waals surface area contributed by atoms with E-state index >= 15 is 0 Å². The molecular weight excluding hydrogens is 316 g/mol. The van der Waals surface area contributed by atoms with Gasteiger partial charge in [0.25, 0.3) is 5.91 Å². The minimum atomic E-state index is -0.170. The van der Waals surface area contributed by atoms with Crippen LogP contribution in [0.2, 0.25) is 5.02 Å². The zero-order chi connectivity index (χ0) is 13.1. The molecule has 1 aliphatic carbocycles. The summed E-state index contributed by atoms with van der Waals surface area (Å²) in [5.74, 6) is -0.239. The Morgan fingerprint density at radius 1 is 1.50 bits per heavy atom. The van der Waals surface area contributed by atoms with Crippen molar-refractivity contribution in [3.63, 3.8) is 0 Å². The van der Waals surface area contributed by atoms with E-state index in [4.69, 9.17) is 16.9 Å². The first kappa shape index (κ1) is 13.4. The topological polar surface area (TPSA) is 52.9 Å². The molecule has 0 heterocycles. The average Bonchev–Trinajstić information content (AvgIpc) is 2.79. The van der Waals surface area contributed by atoms with Gasteiger partial charge in [-0.1, -0.05) is 11.6 Å². The van der Waals surface area contributed by atoms with E-state index in [0.717, 1.165) is 23.7 Å². The molecule has 2 rings (SSSR count). The Morgan fingerprint density at radius 3 is 2.94 bits per heavy atom. The number of halogens is 2. The van der Waals surface area contributed by atoms with Crippen LogP contribution in [0.25, 0.3) is 0 Å². The largest absolute Gasteiger partial charge is 0.348 e. The molecule has 18 heavy (non-hydrogen) atoms. The van der Waals surface area contributed by atoms with Crippen LogP contribution >= 0.6 is 27.5 Å². The van der Waals surface area contributed by atoms with Gasteiger partial charge in [-0.15, -0.1) is 0 Å². The van der Waals surface area contributed by atoms with Crippen LogP contribution in [-0.4, -0.2) is 11.9 Å². The van der Waals surface area contributed by atoms with Crippen molar-refractivity contribution in [1.29, 1.82) is 5.26 Å². The summed E-state index contributed by atoms with van der Waals surface area (Å²) in [6.07, 6.45) is 2.72. The number of nitriles is 1. The molecule has 0 radical (unpaired) electrons. The Bertz CT molecular complexity index is 512. The molecule has 0 aliphatic heterocycles. The first-order valence-electron chi connectivity index (χ1n) is 5.77. The fourth-order valence-electron chi connectivity index (χ4n) is 2.18. The second kappa shape index (κ2) is 5.73. The highest BCUT2D eigenvalue weighted by atomic mass is 79.9. The first-order valence-corrected chi connectivity index (χ1v) is 6.94. The summed E-state index contributed by atoms with van der Waals surface area (Å²) in [5.41, 5.74) is 0.520. The van der Waals surface area contributed by atoms with E-state index in [2.05, 4.69) is 27.3 Å². The molecule has 1 N–H and O–H groups in total. The summed E-state index contributed by atoms with van der Waals surface area (Å²) < 4.78 is 0.761. The van der Waals surface area contributed by atoms with Crippen LogP contribution in [0.3, 0.4) is 0 Å². The van der Waals surface area contributed by atoms with E-state index in [1.165, 1.54) is 0 Å². The van der Waals surface area contributed by atoms with E-state index in [9.17, 15) is 4.79 Å². The Kier molecular flexibility index (Phi) is 4.26. The highest BCUT2D eigenvalue weighted by molar-refractivity contribution is 9.10. The summed E-state index contributed by atoms with van der Waals surface area (Å²) >= 11 is 9.23. The highest BCUT2D eigenvalue weighted by Crippen LogP contribution is 2.26. The predicted molar refractivity (Wildman–Crippen MR) is 73.4 cm³/mol. The molecular formula is C13H12BrClN2O. The van der Waals surface area contributed by atoms with E-state index in [-0.39, 0.29) is 17.9 Å². The van der Waals surface area contributed by atoms with Gasteiger partial charge < -0.3 is 5.32 Å². The summed E-state index contributed by atoms with van der Waals surface area (Å²) in [4.78, 5) is 12.0. The Labute approximate surface area is 119 Å². The van der Waals surface area contributed by atoms with Gasteiger partial charge in [-0.3, -0.25) is 4.79 Å². The van der Waals surface area contributed by atoms with Crippen LogP contribution in [0.4, 0.5) is 0 Å². The van der Waals surface area contributed by atoms with E-state index in [0.29, 0.717) is 10.6 Å². The number of carbonyl (C=O) groups excluding carboxylic acids is 1. The number of carbonyl (C=O) groups is 1. The van der Waals surface area contributed by atoms with Crippen LogP contribution in [0.5, 0.6) is 0 Å². The van der Waals surface area contributed by atoms with Crippen molar-refractivity contribution < 1.29 is 4.79 Å². The number of rotatable bonds is 2. The Balaban J connectivity index is 2.08. The third-order valence-corrected chi connectivity index (χ3v) is 4.41. The van der Waals surface area contributed by atoms with Crippen LogP contribution in [0.15, 0.2) is 22.7 Å². The standard InChI is InChI=1S/C13H12BrClN2O/c14-10-5-4-8(6-11(10)15)13(18)17-12-3-1-2-9(12)7-16/h4-6,9,12H,1-3H2,(H,17,18). The number of hydrogen-bond acceptors (Lipinski definition) is 2. The Morgan fingerprint density at radius 2 is 2.28 bits per heavy atom. The molecule has 1 fully saturated rings. The van der Waals surface area contributed by atoms with E-state index in [1.807, 2.05) is 0 Å². The van der Waals surface area contributed by atoms with Gasteiger partial charge >= 0.3 is 0 Å². The second-order valence-electron chi connectivity index (χ2n) is 4.38. The molecule has 0 bridgehead atoms. The average molecular weight is 328 g/mol. The van der Waals surface area contributed by atoms with Crippen LogP contribution in [-0.2, 0) is 0 Å². The van der Waals surface area contributed by atoms with E-state index < -0.39 is 0 Å². The Hall–Kier alpha value is -1.05. The molecule has 0 saturated heterocycles. The molecule has 5 heteroatoms. The number of benzene rings is 1. The van der Waals surface area contributed by atoms with Crippen molar-refractivity contribution in [3.05, 3.63) is 33.3 Å². The maximum Gasteiger partial charge on any atom is 0.251 e. The summed E-state index contributed by atoms with van der Waals surface area (Å²) in [6.45, 7) is 0. The fraction of sp³-hybridized carbons (Fsp3) is 0.385. The first-order chi connectivity index (χ1) is 8.61. The van der Waals surface area contributed by atoms with Crippen molar-refractivity contribution in [3.8, 4) is 6.07 Å². The summed E-state index contributed by atoms with van der Waals surface area (Å²) in [6, 6.07) is 7.28. The zero-order valence-electron chi connectivity index (χ0n) is 9.62. The SMILES string of the molecule is N#CC1CCCC1NC(=O)c1ccc(Br)c(Cl)c1. The molecule has 1 amide bonds. The lowest BCUT2D eigenvalue weighted by atomic mass is 10.1. The van der Waals surface area contributed by atoms with Crippen molar-refractivity contribution >= 4 is 33.4 Å². The van der Waals surface area contributed by atoms with Gasteiger partial charge in [0.1, 0.15) is 0 Å². The smallest absolute Gasteiger partial charge is 0.251 e. The maximum atomic E-state index is 12.0. The summed E-state index contributed by atoms with van der Waals surface area (Å²) in [7, 11) is 0. The van der Waals surface area contributed by atoms with Crippen molar-refractivity contribution in [2.24, 2.45) is 5.92 Å². The van der Waals surface area contributed by atoms with Gasteiger partial charge in [0.2, 0.25) is 0 Å². The number of nitrogens with one attached hydrogen (secondary N) is 1. The van der Waals surface area contributed by atoms with Gasteiger partial charge in [0.05, 0.1) is 17.0 Å². The number of amides is 1. The van der Waals surface area contributed by atoms with Crippen molar-refractivity contribution in [2.45, 2.75) is 25.3 Å².